The van der Waals surface area contributed by atoms with Gasteiger partial charge >= 0.3 is 0 Å². The predicted molar refractivity (Wildman–Crippen MR) is 51.3 cm³/mol. The zero-order valence-electron chi connectivity index (χ0n) is 7.94. The molecule has 0 amide bonds. The Hall–Kier alpha value is -1.30. The summed E-state index contributed by atoms with van der Waals surface area (Å²) in [5.41, 5.74) is 0. The third kappa shape index (κ3) is 1.23. The van der Waals surface area contributed by atoms with Gasteiger partial charge in [0.05, 0.1) is 18.0 Å². The molecular formula is C10H13N3. The summed E-state index contributed by atoms with van der Waals surface area (Å²) in [5, 5.41) is 8.87. The number of dihydropyridines is 1. The van der Waals surface area contributed by atoms with Gasteiger partial charge in [-0.2, -0.15) is 5.26 Å². The van der Waals surface area contributed by atoms with Crippen LogP contribution in [-0.4, -0.2) is 30.9 Å². The highest BCUT2D eigenvalue weighted by Gasteiger charge is 2.34. The second kappa shape index (κ2) is 2.88. The molecule has 0 spiro atoms. The van der Waals surface area contributed by atoms with Crippen LogP contribution in [0.5, 0.6) is 0 Å². The Morgan fingerprint density at radius 2 is 2.31 bits per heavy atom. The van der Waals surface area contributed by atoms with Gasteiger partial charge in [0, 0.05) is 20.0 Å². The molecular weight excluding hydrogens is 162 g/mol. The fraction of sp³-hybridized carbons (Fsp3) is 0.600. The molecule has 0 saturated heterocycles. The molecule has 0 N–H and O–H groups in total. The van der Waals surface area contributed by atoms with Crippen LogP contribution >= 0.6 is 0 Å². The molecule has 2 heterocycles. The maximum Gasteiger partial charge on any atom is 0.106 e. The summed E-state index contributed by atoms with van der Waals surface area (Å²) in [6.07, 6.45) is 5.19. The molecule has 0 radical (unpaired) electrons. The molecule has 1 aliphatic carbocycles. The number of hydrogen-bond acceptors (Lipinski definition) is 3. The first-order valence-electron chi connectivity index (χ1n) is 4.55. The van der Waals surface area contributed by atoms with Crippen molar-refractivity contribution in [3.63, 3.8) is 0 Å². The van der Waals surface area contributed by atoms with Crippen molar-refractivity contribution in [2.75, 3.05) is 14.1 Å². The van der Waals surface area contributed by atoms with E-state index in [2.05, 4.69) is 28.1 Å². The Bertz CT molecular complexity index is 309. The van der Waals surface area contributed by atoms with Crippen LogP contribution in [0, 0.1) is 23.2 Å². The van der Waals surface area contributed by atoms with E-state index in [0.29, 0.717) is 5.92 Å². The number of rotatable bonds is 0. The highest BCUT2D eigenvalue weighted by atomic mass is 15.2. The lowest BCUT2D eigenvalue weighted by Gasteiger charge is -2.35. The third-order valence-corrected chi connectivity index (χ3v) is 2.70. The van der Waals surface area contributed by atoms with Crippen molar-refractivity contribution in [3.8, 4) is 6.07 Å². The van der Waals surface area contributed by atoms with Crippen molar-refractivity contribution in [2.24, 2.45) is 16.8 Å². The number of nitriles is 1. The largest absolute Gasteiger partial charge is 0.366 e. The molecule has 3 nitrogen and oxygen atoms in total. The quantitative estimate of drug-likeness (QED) is 0.516. The Morgan fingerprint density at radius 1 is 1.54 bits per heavy atom. The van der Waals surface area contributed by atoms with E-state index in [1.807, 2.05) is 14.1 Å². The zero-order chi connectivity index (χ0) is 9.42. The van der Waals surface area contributed by atoms with Crippen LogP contribution in [0.4, 0.5) is 0 Å². The van der Waals surface area contributed by atoms with E-state index in [0.717, 1.165) is 12.3 Å². The average Bonchev–Trinajstić information content (AvgIpc) is 2.18. The minimum atomic E-state index is 0.0960. The molecule has 68 valence electrons. The number of nitrogens with zero attached hydrogens (tertiary/aromatic N) is 3. The van der Waals surface area contributed by atoms with Crippen LogP contribution in [0.3, 0.4) is 0 Å². The van der Waals surface area contributed by atoms with Crippen molar-refractivity contribution < 1.29 is 0 Å². The second-order valence-corrected chi connectivity index (χ2v) is 3.84. The average molecular weight is 175 g/mol. The first kappa shape index (κ1) is 8.31. The minimum absolute atomic E-state index is 0.0960. The summed E-state index contributed by atoms with van der Waals surface area (Å²) in [5.74, 6) is 1.59. The Kier molecular flexibility index (Phi) is 1.84. The van der Waals surface area contributed by atoms with Gasteiger partial charge in [0.15, 0.2) is 0 Å². The lowest BCUT2D eigenvalue weighted by molar-refractivity contribution is 0.421. The van der Waals surface area contributed by atoms with Crippen LogP contribution in [-0.2, 0) is 0 Å². The summed E-state index contributed by atoms with van der Waals surface area (Å²) < 4.78 is 0. The highest BCUT2D eigenvalue weighted by Crippen LogP contribution is 2.32. The smallest absolute Gasteiger partial charge is 0.106 e. The van der Waals surface area contributed by atoms with Gasteiger partial charge in [-0.25, -0.2) is 0 Å². The fourth-order valence-corrected chi connectivity index (χ4v) is 2.02. The maximum atomic E-state index is 8.87. The van der Waals surface area contributed by atoms with Crippen molar-refractivity contribution >= 4 is 5.84 Å². The van der Waals surface area contributed by atoms with Gasteiger partial charge in [0.1, 0.15) is 5.84 Å². The highest BCUT2D eigenvalue weighted by molar-refractivity contribution is 5.87. The van der Waals surface area contributed by atoms with Gasteiger partial charge < -0.3 is 4.90 Å². The third-order valence-electron chi connectivity index (χ3n) is 2.70. The van der Waals surface area contributed by atoms with E-state index < -0.39 is 0 Å². The van der Waals surface area contributed by atoms with Gasteiger partial charge in [-0.15, -0.1) is 0 Å². The molecule has 3 heteroatoms. The molecule has 3 aliphatic rings. The van der Waals surface area contributed by atoms with Gasteiger partial charge in [-0.3, -0.25) is 4.99 Å². The Balaban J connectivity index is 2.28. The molecule has 0 saturated carbocycles. The van der Waals surface area contributed by atoms with E-state index in [9.17, 15) is 0 Å². The molecule has 0 unspecified atom stereocenters. The molecule has 3 atom stereocenters. The molecule has 2 bridgehead atoms. The van der Waals surface area contributed by atoms with Crippen LogP contribution in [0.15, 0.2) is 17.1 Å². The SMILES string of the molecule is CN(C)C1=N[C@@H]2C=C[C@H]1C[C@H]2C#N. The number of amidine groups is 1. The monoisotopic (exact) mass is 175 g/mol. The van der Waals surface area contributed by atoms with Crippen molar-refractivity contribution in [1.82, 2.24) is 4.90 Å². The molecule has 2 aliphatic heterocycles. The molecule has 0 aromatic carbocycles. The second-order valence-electron chi connectivity index (χ2n) is 3.84. The Labute approximate surface area is 78.4 Å². The Morgan fingerprint density at radius 3 is 2.77 bits per heavy atom. The lowest BCUT2D eigenvalue weighted by atomic mass is 9.80. The first-order valence-corrected chi connectivity index (χ1v) is 4.55. The topological polar surface area (TPSA) is 39.4 Å². The van der Waals surface area contributed by atoms with Crippen LogP contribution in [0.25, 0.3) is 0 Å². The number of aliphatic imine (C=N–C) groups is 1. The minimum Gasteiger partial charge on any atom is -0.366 e. The summed E-state index contributed by atoms with van der Waals surface area (Å²) in [6, 6.07) is 2.42. The fourth-order valence-electron chi connectivity index (χ4n) is 2.02. The van der Waals surface area contributed by atoms with Crippen molar-refractivity contribution in [3.05, 3.63) is 12.2 Å². The molecule has 0 aromatic rings. The van der Waals surface area contributed by atoms with E-state index in [-0.39, 0.29) is 12.0 Å². The number of fused-ring (bicyclic) bond motifs is 1. The normalized spacial score (nSPS) is 35.5. The zero-order valence-corrected chi connectivity index (χ0v) is 7.94. The van der Waals surface area contributed by atoms with Gasteiger partial charge in [-0.1, -0.05) is 12.2 Å². The van der Waals surface area contributed by atoms with Crippen molar-refractivity contribution in [2.45, 2.75) is 12.5 Å². The van der Waals surface area contributed by atoms with Crippen LogP contribution < -0.4 is 0 Å². The lowest BCUT2D eigenvalue weighted by Crippen LogP contribution is -2.40. The predicted octanol–water partition coefficient (Wildman–Crippen LogP) is 1.04. The summed E-state index contributed by atoms with van der Waals surface area (Å²) in [4.78, 5) is 6.59. The van der Waals surface area contributed by atoms with Gasteiger partial charge in [0.2, 0.25) is 0 Å². The summed E-state index contributed by atoms with van der Waals surface area (Å²) >= 11 is 0. The van der Waals surface area contributed by atoms with Crippen LogP contribution in [0.2, 0.25) is 0 Å². The first-order chi connectivity index (χ1) is 6.22. The van der Waals surface area contributed by atoms with Gasteiger partial charge in [-0.05, 0) is 6.42 Å². The van der Waals surface area contributed by atoms with Crippen LogP contribution in [0.1, 0.15) is 6.42 Å². The van der Waals surface area contributed by atoms with Gasteiger partial charge in [0.25, 0.3) is 0 Å². The summed E-state index contributed by atoms with van der Waals surface area (Å²) in [7, 11) is 4.02. The standard InChI is InChI=1S/C10H13N3/c1-13(2)10-7-3-4-9(12-10)8(5-7)6-11/h3-4,7-9H,5H2,1-2H3/t7-,8-,9+/m0/s1. The number of hydrogen-bond donors (Lipinski definition) is 0. The van der Waals surface area contributed by atoms with E-state index in [4.69, 9.17) is 5.26 Å². The maximum absolute atomic E-state index is 8.87. The molecule has 0 aromatic heterocycles. The van der Waals surface area contributed by atoms with E-state index >= 15 is 0 Å². The van der Waals surface area contributed by atoms with E-state index in [1.54, 1.807) is 0 Å². The molecule has 0 fully saturated rings. The van der Waals surface area contributed by atoms with Crippen molar-refractivity contribution in [1.29, 1.82) is 5.26 Å². The molecule has 13 heavy (non-hydrogen) atoms. The van der Waals surface area contributed by atoms with E-state index in [1.165, 1.54) is 0 Å². The molecule has 3 rings (SSSR count). The summed E-state index contributed by atoms with van der Waals surface area (Å²) in [6.45, 7) is 0.